The summed E-state index contributed by atoms with van der Waals surface area (Å²) in [5, 5.41) is 7.27. The van der Waals surface area contributed by atoms with Crippen molar-refractivity contribution in [3.8, 4) is 0 Å². The van der Waals surface area contributed by atoms with Gasteiger partial charge in [-0.2, -0.15) is 5.10 Å². The lowest BCUT2D eigenvalue weighted by atomic mass is 9.77. The molecule has 0 N–H and O–H groups in total. The zero-order valence-corrected chi connectivity index (χ0v) is 22.6. The van der Waals surface area contributed by atoms with Crippen molar-refractivity contribution >= 4 is 40.7 Å². The van der Waals surface area contributed by atoms with Crippen molar-refractivity contribution in [3.05, 3.63) is 100 Å². The molecular weight excluding hydrogens is 480 g/mol. The summed E-state index contributed by atoms with van der Waals surface area (Å²) in [6, 6.07) is 24.0. The number of benzene rings is 3. The van der Waals surface area contributed by atoms with Gasteiger partial charge in [-0.05, 0) is 84.5 Å². The predicted octanol–water partition coefficient (Wildman–Crippen LogP) is 6.91. The topological polar surface area (TPSA) is 39.1 Å². The fourth-order valence-electron chi connectivity index (χ4n) is 5.29. The van der Waals surface area contributed by atoms with Crippen LogP contribution in [0, 0.1) is 5.92 Å². The van der Waals surface area contributed by atoms with Gasteiger partial charge in [0.05, 0.1) is 11.8 Å². The van der Waals surface area contributed by atoms with Crippen LogP contribution in [0.5, 0.6) is 0 Å². The summed E-state index contributed by atoms with van der Waals surface area (Å²) in [6.45, 7) is 0. The number of carbonyl (C=O) groups is 1. The van der Waals surface area contributed by atoms with E-state index < -0.39 is 0 Å². The monoisotopic (exact) mass is 512 g/mol. The Hall–Kier alpha value is -3.57. The van der Waals surface area contributed by atoms with E-state index in [1.165, 1.54) is 11.3 Å². The second-order valence-electron chi connectivity index (χ2n) is 10.2. The van der Waals surface area contributed by atoms with Gasteiger partial charge in [0, 0.05) is 56.1 Å². The Labute approximate surface area is 224 Å². The SMILES string of the molecule is CN(C)c1ccc(/C=C2/CCC[C@H]3C2=NN(C(=O)c2cccc(Cl)c2)[C@@H]3c2ccc(N(C)C)cc2)cc1. The van der Waals surface area contributed by atoms with Gasteiger partial charge in [0.2, 0.25) is 0 Å². The third-order valence-corrected chi connectivity index (χ3v) is 7.52. The minimum Gasteiger partial charge on any atom is -0.378 e. The van der Waals surface area contributed by atoms with E-state index in [1.54, 1.807) is 17.1 Å². The number of hydrazone groups is 1. The van der Waals surface area contributed by atoms with E-state index >= 15 is 0 Å². The third kappa shape index (κ3) is 5.14. The average molecular weight is 513 g/mol. The van der Waals surface area contributed by atoms with Gasteiger partial charge in [-0.15, -0.1) is 0 Å². The Morgan fingerprint density at radius 2 is 1.59 bits per heavy atom. The molecule has 1 saturated carbocycles. The molecule has 0 aromatic heterocycles. The first kappa shape index (κ1) is 25.1. The van der Waals surface area contributed by atoms with Gasteiger partial charge in [0.1, 0.15) is 0 Å². The first-order chi connectivity index (χ1) is 17.8. The fraction of sp³-hybridized carbons (Fsp3) is 0.290. The molecule has 1 aliphatic carbocycles. The lowest BCUT2D eigenvalue weighted by Crippen LogP contribution is -2.32. The molecule has 0 unspecified atom stereocenters. The van der Waals surface area contributed by atoms with Crippen LogP contribution >= 0.6 is 11.6 Å². The number of fused-ring (bicyclic) bond motifs is 1. The normalized spacial score (nSPS) is 20.0. The number of carbonyl (C=O) groups excluding carboxylic acids is 1. The van der Waals surface area contributed by atoms with Crippen LogP contribution in [0.25, 0.3) is 6.08 Å². The number of amides is 1. The quantitative estimate of drug-likeness (QED) is 0.373. The molecule has 5 rings (SSSR count). The Morgan fingerprint density at radius 3 is 2.22 bits per heavy atom. The molecule has 1 amide bonds. The fourth-order valence-corrected chi connectivity index (χ4v) is 5.48. The maximum Gasteiger partial charge on any atom is 0.274 e. The van der Waals surface area contributed by atoms with Crippen LogP contribution in [0.4, 0.5) is 11.4 Å². The van der Waals surface area contributed by atoms with E-state index in [0.717, 1.165) is 41.8 Å². The summed E-state index contributed by atoms with van der Waals surface area (Å²) < 4.78 is 0. The van der Waals surface area contributed by atoms with Crippen LogP contribution in [-0.2, 0) is 0 Å². The molecule has 0 bridgehead atoms. The summed E-state index contributed by atoms with van der Waals surface area (Å²) >= 11 is 6.24. The van der Waals surface area contributed by atoms with Crippen molar-refractivity contribution in [1.29, 1.82) is 0 Å². The van der Waals surface area contributed by atoms with Crippen LogP contribution in [0.2, 0.25) is 5.02 Å². The molecule has 0 spiro atoms. The lowest BCUT2D eigenvalue weighted by Gasteiger charge is -2.30. The Bertz CT molecular complexity index is 1340. The highest BCUT2D eigenvalue weighted by atomic mass is 35.5. The van der Waals surface area contributed by atoms with Gasteiger partial charge in [-0.25, -0.2) is 5.01 Å². The second-order valence-corrected chi connectivity index (χ2v) is 10.7. The van der Waals surface area contributed by atoms with Crippen molar-refractivity contribution in [2.75, 3.05) is 38.0 Å². The molecule has 1 aliphatic heterocycles. The van der Waals surface area contributed by atoms with Crippen molar-refractivity contribution in [3.63, 3.8) is 0 Å². The van der Waals surface area contributed by atoms with Gasteiger partial charge in [0.15, 0.2) is 0 Å². The standard InChI is InChI=1S/C31H33ClN4O/c1-34(2)26-15-11-21(12-16-26)19-23-7-6-10-28-29(23)33-36(31(37)24-8-5-9-25(32)20-24)30(28)22-13-17-27(18-14-22)35(3)4/h5,8-9,11-20,28,30H,6-7,10H2,1-4H3/b23-19-/t28-,30+/m0/s1. The molecule has 6 heteroatoms. The highest BCUT2D eigenvalue weighted by molar-refractivity contribution is 6.31. The van der Waals surface area contributed by atoms with Crippen LogP contribution in [-0.4, -0.2) is 44.8 Å². The first-order valence-corrected chi connectivity index (χ1v) is 13.1. The molecule has 2 atom stereocenters. The van der Waals surface area contributed by atoms with Gasteiger partial charge < -0.3 is 9.80 Å². The van der Waals surface area contributed by atoms with E-state index in [2.05, 4.69) is 64.4 Å². The molecule has 2 aliphatic rings. The number of allylic oxidation sites excluding steroid dienone is 1. The van der Waals surface area contributed by atoms with Gasteiger partial charge in [0.25, 0.3) is 5.91 Å². The van der Waals surface area contributed by atoms with E-state index in [4.69, 9.17) is 16.7 Å². The van der Waals surface area contributed by atoms with E-state index in [0.29, 0.717) is 10.6 Å². The molecule has 0 saturated heterocycles. The van der Waals surface area contributed by atoms with Crippen molar-refractivity contribution < 1.29 is 4.79 Å². The zero-order valence-electron chi connectivity index (χ0n) is 21.9. The summed E-state index contributed by atoms with van der Waals surface area (Å²) in [5.41, 5.74) is 7.33. The van der Waals surface area contributed by atoms with Gasteiger partial charge >= 0.3 is 0 Å². The van der Waals surface area contributed by atoms with Crippen LogP contribution < -0.4 is 9.80 Å². The number of hydrogen-bond donors (Lipinski definition) is 0. The first-order valence-electron chi connectivity index (χ1n) is 12.7. The molecule has 1 fully saturated rings. The Balaban J connectivity index is 1.55. The van der Waals surface area contributed by atoms with Crippen LogP contribution in [0.3, 0.4) is 0 Å². The highest BCUT2D eigenvalue weighted by Gasteiger charge is 2.44. The number of halogens is 1. The molecule has 3 aromatic rings. The second kappa shape index (κ2) is 10.4. The Morgan fingerprint density at radius 1 is 0.946 bits per heavy atom. The minimum atomic E-state index is -0.155. The number of anilines is 2. The maximum atomic E-state index is 13.8. The summed E-state index contributed by atoms with van der Waals surface area (Å²) in [4.78, 5) is 18.0. The smallest absolute Gasteiger partial charge is 0.274 e. The molecule has 3 aromatic carbocycles. The Kier molecular flexibility index (Phi) is 7.07. The average Bonchev–Trinajstić information content (AvgIpc) is 3.29. The molecule has 5 nitrogen and oxygen atoms in total. The summed E-state index contributed by atoms with van der Waals surface area (Å²) in [7, 11) is 8.15. The number of rotatable bonds is 5. The van der Waals surface area contributed by atoms with Crippen LogP contribution in [0.1, 0.15) is 46.8 Å². The van der Waals surface area contributed by atoms with Gasteiger partial charge in [-0.1, -0.05) is 41.9 Å². The minimum absolute atomic E-state index is 0.124. The zero-order chi connectivity index (χ0) is 26.1. The molecule has 37 heavy (non-hydrogen) atoms. The summed E-state index contributed by atoms with van der Waals surface area (Å²) in [5.74, 6) is 0.0233. The summed E-state index contributed by atoms with van der Waals surface area (Å²) in [6.07, 6.45) is 5.26. The van der Waals surface area contributed by atoms with Crippen molar-refractivity contribution in [1.82, 2.24) is 5.01 Å². The lowest BCUT2D eigenvalue weighted by molar-refractivity contribution is 0.0681. The number of hydrogen-bond acceptors (Lipinski definition) is 4. The molecular formula is C31H33ClN4O. The van der Waals surface area contributed by atoms with Crippen molar-refractivity contribution in [2.45, 2.75) is 25.3 Å². The van der Waals surface area contributed by atoms with Crippen molar-refractivity contribution in [2.24, 2.45) is 11.0 Å². The molecule has 0 radical (unpaired) electrons. The largest absolute Gasteiger partial charge is 0.378 e. The predicted molar refractivity (Wildman–Crippen MR) is 155 cm³/mol. The van der Waals surface area contributed by atoms with Gasteiger partial charge in [-0.3, -0.25) is 4.79 Å². The third-order valence-electron chi connectivity index (χ3n) is 7.28. The van der Waals surface area contributed by atoms with E-state index in [9.17, 15) is 4.79 Å². The van der Waals surface area contributed by atoms with Crippen LogP contribution in [0.15, 0.2) is 83.5 Å². The van der Waals surface area contributed by atoms with E-state index in [1.807, 2.05) is 40.3 Å². The molecule has 1 heterocycles. The highest BCUT2D eigenvalue weighted by Crippen LogP contribution is 2.45. The molecule has 190 valence electrons. The number of nitrogens with zero attached hydrogens (tertiary/aromatic N) is 4. The van der Waals surface area contributed by atoms with E-state index in [-0.39, 0.29) is 17.9 Å². The maximum absolute atomic E-state index is 13.8.